The molecule has 0 aliphatic carbocycles. The van der Waals surface area contributed by atoms with E-state index in [4.69, 9.17) is 4.52 Å². The molecule has 2 unspecified atom stereocenters. The first kappa shape index (κ1) is 15.6. The van der Waals surface area contributed by atoms with Gasteiger partial charge in [-0.1, -0.05) is 25.1 Å². The largest absolute Gasteiger partial charge is 0.339 e. The van der Waals surface area contributed by atoms with Gasteiger partial charge in [-0.15, -0.1) is 0 Å². The van der Waals surface area contributed by atoms with Crippen LogP contribution in [-0.2, 0) is 0 Å². The lowest BCUT2D eigenvalue weighted by atomic mass is 9.98. The van der Waals surface area contributed by atoms with Crippen LogP contribution in [0.25, 0.3) is 11.5 Å². The SMILES string of the molecule is CCCNC(C)C(CC)c1nc(-c2cccc(C)n2)no1. The van der Waals surface area contributed by atoms with Crippen molar-refractivity contribution in [3.8, 4) is 11.5 Å². The fourth-order valence-electron chi connectivity index (χ4n) is 2.41. The Morgan fingerprint density at radius 1 is 1.24 bits per heavy atom. The van der Waals surface area contributed by atoms with E-state index in [1.165, 1.54) is 0 Å². The summed E-state index contributed by atoms with van der Waals surface area (Å²) in [5.41, 5.74) is 1.71. The van der Waals surface area contributed by atoms with Gasteiger partial charge in [0.25, 0.3) is 0 Å². The molecule has 0 fully saturated rings. The number of hydrogen-bond donors (Lipinski definition) is 1. The van der Waals surface area contributed by atoms with E-state index in [2.05, 4.69) is 41.2 Å². The van der Waals surface area contributed by atoms with Crippen LogP contribution < -0.4 is 5.32 Å². The maximum atomic E-state index is 5.47. The zero-order valence-electron chi connectivity index (χ0n) is 13.3. The highest BCUT2D eigenvalue weighted by Crippen LogP contribution is 2.24. The molecule has 5 nitrogen and oxygen atoms in total. The molecule has 2 aromatic rings. The van der Waals surface area contributed by atoms with Gasteiger partial charge in [-0.3, -0.25) is 0 Å². The smallest absolute Gasteiger partial charge is 0.231 e. The highest BCUT2D eigenvalue weighted by atomic mass is 16.5. The third kappa shape index (κ3) is 3.88. The molecule has 2 heterocycles. The van der Waals surface area contributed by atoms with Crippen molar-refractivity contribution in [2.75, 3.05) is 6.54 Å². The van der Waals surface area contributed by atoms with Crippen LogP contribution in [0.1, 0.15) is 51.1 Å². The van der Waals surface area contributed by atoms with Crippen molar-refractivity contribution in [2.24, 2.45) is 0 Å². The van der Waals surface area contributed by atoms with Crippen molar-refractivity contribution in [3.63, 3.8) is 0 Å². The van der Waals surface area contributed by atoms with Crippen molar-refractivity contribution >= 4 is 0 Å². The minimum Gasteiger partial charge on any atom is -0.339 e. The Morgan fingerprint density at radius 2 is 2.05 bits per heavy atom. The number of aryl methyl sites for hydroxylation is 1. The van der Waals surface area contributed by atoms with Gasteiger partial charge in [0, 0.05) is 11.7 Å². The summed E-state index contributed by atoms with van der Waals surface area (Å²) in [6.45, 7) is 9.42. The van der Waals surface area contributed by atoms with Crippen LogP contribution in [0.3, 0.4) is 0 Å². The Kier molecular flexibility index (Phi) is 5.44. The molecule has 2 rings (SSSR count). The van der Waals surface area contributed by atoms with Gasteiger partial charge in [0.1, 0.15) is 5.69 Å². The molecule has 0 aromatic carbocycles. The Balaban J connectivity index is 2.17. The van der Waals surface area contributed by atoms with Gasteiger partial charge in [-0.2, -0.15) is 4.98 Å². The summed E-state index contributed by atoms with van der Waals surface area (Å²) in [5, 5.41) is 7.58. The first-order valence-electron chi connectivity index (χ1n) is 7.66. The standard InChI is InChI=1S/C16H24N4O/c1-5-10-17-12(4)13(6-2)16-19-15(20-21-16)14-9-7-8-11(3)18-14/h7-9,12-13,17H,5-6,10H2,1-4H3. The maximum absolute atomic E-state index is 5.47. The molecule has 2 atom stereocenters. The van der Waals surface area contributed by atoms with Crippen LogP contribution in [0.5, 0.6) is 0 Å². The van der Waals surface area contributed by atoms with Crippen LogP contribution in [0.4, 0.5) is 0 Å². The van der Waals surface area contributed by atoms with Crippen LogP contribution in [0.15, 0.2) is 22.7 Å². The van der Waals surface area contributed by atoms with Crippen molar-refractivity contribution in [1.29, 1.82) is 0 Å². The second-order valence-electron chi connectivity index (χ2n) is 5.38. The van der Waals surface area contributed by atoms with Gasteiger partial charge in [-0.25, -0.2) is 4.98 Å². The average molecular weight is 288 g/mol. The molecule has 2 aromatic heterocycles. The van der Waals surface area contributed by atoms with Crippen molar-refractivity contribution in [2.45, 2.75) is 52.5 Å². The molecular formula is C16H24N4O. The summed E-state index contributed by atoms with van der Waals surface area (Å²) in [6, 6.07) is 6.13. The molecule has 114 valence electrons. The average Bonchev–Trinajstić information content (AvgIpc) is 2.95. The van der Waals surface area contributed by atoms with Gasteiger partial charge in [0.2, 0.25) is 11.7 Å². The second-order valence-corrected chi connectivity index (χ2v) is 5.38. The number of hydrogen-bond acceptors (Lipinski definition) is 5. The molecule has 1 N–H and O–H groups in total. The fourth-order valence-corrected chi connectivity index (χ4v) is 2.41. The third-order valence-electron chi connectivity index (χ3n) is 3.64. The first-order chi connectivity index (χ1) is 10.2. The lowest BCUT2D eigenvalue weighted by molar-refractivity contribution is 0.316. The number of nitrogens with zero attached hydrogens (tertiary/aromatic N) is 3. The topological polar surface area (TPSA) is 63.8 Å². The highest BCUT2D eigenvalue weighted by molar-refractivity contribution is 5.48. The van der Waals surface area contributed by atoms with E-state index in [9.17, 15) is 0 Å². The molecule has 5 heteroatoms. The Labute approximate surface area is 126 Å². The molecule has 0 spiro atoms. The minimum absolute atomic E-state index is 0.225. The molecule has 0 saturated carbocycles. The first-order valence-corrected chi connectivity index (χ1v) is 7.66. The summed E-state index contributed by atoms with van der Waals surface area (Å²) in [6.07, 6.45) is 2.07. The van der Waals surface area contributed by atoms with E-state index in [-0.39, 0.29) is 5.92 Å². The van der Waals surface area contributed by atoms with Crippen molar-refractivity contribution in [1.82, 2.24) is 20.4 Å². The van der Waals surface area contributed by atoms with E-state index in [1.54, 1.807) is 0 Å². The van der Waals surface area contributed by atoms with Gasteiger partial charge < -0.3 is 9.84 Å². The summed E-state index contributed by atoms with van der Waals surface area (Å²) in [4.78, 5) is 8.98. The lowest BCUT2D eigenvalue weighted by Gasteiger charge is -2.20. The van der Waals surface area contributed by atoms with E-state index in [0.29, 0.717) is 17.8 Å². The molecule has 0 aliphatic heterocycles. The number of nitrogens with one attached hydrogen (secondary N) is 1. The summed E-state index contributed by atoms with van der Waals surface area (Å²) < 4.78 is 5.47. The van der Waals surface area contributed by atoms with E-state index >= 15 is 0 Å². The van der Waals surface area contributed by atoms with Gasteiger partial charge in [0.15, 0.2) is 0 Å². The maximum Gasteiger partial charge on any atom is 0.231 e. The summed E-state index contributed by atoms with van der Waals surface area (Å²) in [5.74, 6) is 1.48. The van der Waals surface area contributed by atoms with Crippen molar-refractivity contribution < 1.29 is 4.52 Å². The van der Waals surface area contributed by atoms with Crippen LogP contribution in [0, 0.1) is 6.92 Å². The molecule has 21 heavy (non-hydrogen) atoms. The number of pyridine rings is 1. The lowest BCUT2D eigenvalue weighted by Crippen LogP contribution is -2.32. The molecular weight excluding hydrogens is 264 g/mol. The highest BCUT2D eigenvalue weighted by Gasteiger charge is 2.23. The van der Waals surface area contributed by atoms with E-state index < -0.39 is 0 Å². The Morgan fingerprint density at radius 3 is 2.71 bits per heavy atom. The quantitative estimate of drug-likeness (QED) is 0.846. The van der Waals surface area contributed by atoms with Gasteiger partial charge >= 0.3 is 0 Å². The van der Waals surface area contributed by atoms with Crippen LogP contribution in [-0.4, -0.2) is 27.7 Å². The predicted octanol–water partition coefficient (Wildman–Crippen LogP) is 3.32. The molecule has 0 amide bonds. The van der Waals surface area contributed by atoms with Gasteiger partial charge in [-0.05, 0) is 45.4 Å². The fraction of sp³-hybridized carbons (Fsp3) is 0.562. The monoisotopic (exact) mass is 288 g/mol. The van der Waals surface area contributed by atoms with Gasteiger partial charge in [0.05, 0.1) is 5.92 Å². The number of aromatic nitrogens is 3. The zero-order valence-corrected chi connectivity index (χ0v) is 13.3. The Hall–Kier alpha value is -1.75. The van der Waals surface area contributed by atoms with Crippen LogP contribution in [0.2, 0.25) is 0 Å². The van der Waals surface area contributed by atoms with E-state index in [1.807, 2.05) is 25.1 Å². The normalized spacial score (nSPS) is 14.1. The number of rotatable bonds is 7. The molecule has 0 aliphatic rings. The summed E-state index contributed by atoms with van der Waals surface area (Å²) in [7, 11) is 0. The zero-order chi connectivity index (χ0) is 15.2. The molecule has 0 saturated heterocycles. The third-order valence-corrected chi connectivity index (χ3v) is 3.64. The predicted molar refractivity (Wildman–Crippen MR) is 83.1 cm³/mol. The minimum atomic E-state index is 0.225. The molecule has 0 bridgehead atoms. The molecule has 0 radical (unpaired) electrons. The van der Waals surface area contributed by atoms with Crippen molar-refractivity contribution in [3.05, 3.63) is 29.8 Å². The second kappa shape index (κ2) is 7.31. The van der Waals surface area contributed by atoms with Crippen LogP contribution >= 0.6 is 0 Å². The summed E-state index contributed by atoms with van der Waals surface area (Å²) >= 11 is 0. The Bertz CT molecular complexity index is 567. The van der Waals surface area contributed by atoms with E-state index in [0.717, 1.165) is 30.8 Å².